The van der Waals surface area contributed by atoms with Crippen molar-refractivity contribution in [3.05, 3.63) is 66.5 Å². The largest absolute Gasteiger partial charge is 0.437 e. The molecule has 2 aliphatic carbocycles. The highest BCUT2D eigenvalue weighted by Crippen LogP contribution is 2.63. The van der Waals surface area contributed by atoms with E-state index in [1.807, 2.05) is 49.4 Å². The number of rotatable bonds is 7. The first kappa shape index (κ1) is 25.9. The zero-order valence-corrected chi connectivity index (χ0v) is 23.5. The number of nitrogens with zero attached hydrogens (tertiary/aromatic N) is 3. The summed E-state index contributed by atoms with van der Waals surface area (Å²) in [7, 11) is 0. The molecule has 3 heterocycles. The standard InChI is InChI=1S/C33H36N6O2/c1-21-11-12-23-24(8-4-10-27(23)38-30(40)26-19-33(26)14-2-3-15-33)29(21)41-31-25(9-6-17-35-31)28-13-18-36-32(39-28)37-22-7-5-16-34-20-22/h4,6,8-13,17-18,22,26,34H,2-3,5,7,14-16,19-20H2,1H3,(H,38,40)(H,36,37,39)/t22-,26-/m0/s1. The number of anilines is 2. The molecule has 2 aromatic carbocycles. The van der Waals surface area contributed by atoms with Gasteiger partial charge in [0.15, 0.2) is 0 Å². The third kappa shape index (κ3) is 5.12. The van der Waals surface area contributed by atoms with Gasteiger partial charge in [0.1, 0.15) is 5.75 Å². The van der Waals surface area contributed by atoms with Crippen molar-refractivity contribution in [1.82, 2.24) is 20.3 Å². The average Bonchev–Trinajstić information content (AvgIpc) is 3.51. The summed E-state index contributed by atoms with van der Waals surface area (Å²) < 4.78 is 6.58. The van der Waals surface area contributed by atoms with Crippen molar-refractivity contribution >= 4 is 28.3 Å². The fraction of sp³-hybridized carbons (Fsp3) is 0.394. The number of hydrogen-bond donors (Lipinski definition) is 3. The summed E-state index contributed by atoms with van der Waals surface area (Å²) in [4.78, 5) is 27.1. The van der Waals surface area contributed by atoms with Crippen LogP contribution in [-0.4, -0.2) is 40.0 Å². The fourth-order valence-electron chi connectivity index (χ4n) is 6.75. The van der Waals surface area contributed by atoms with E-state index in [1.165, 1.54) is 25.7 Å². The third-order valence-electron chi connectivity index (χ3n) is 9.10. The Balaban J connectivity index is 1.17. The number of aryl methyl sites for hydroxylation is 1. The average molecular weight is 549 g/mol. The summed E-state index contributed by atoms with van der Waals surface area (Å²) in [5, 5.41) is 12.0. The first-order valence-electron chi connectivity index (χ1n) is 14.9. The molecule has 1 spiro atoms. The molecule has 3 N–H and O–H groups in total. The van der Waals surface area contributed by atoms with E-state index in [-0.39, 0.29) is 17.2 Å². The van der Waals surface area contributed by atoms with Crippen LogP contribution in [0.2, 0.25) is 0 Å². The fourth-order valence-corrected chi connectivity index (χ4v) is 6.75. The molecule has 41 heavy (non-hydrogen) atoms. The minimum absolute atomic E-state index is 0.138. The molecule has 3 fully saturated rings. The molecule has 3 aliphatic rings. The van der Waals surface area contributed by atoms with Crippen molar-refractivity contribution in [2.45, 2.75) is 57.9 Å². The number of ether oxygens (including phenoxy) is 1. The first-order valence-corrected chi connectivity index (χ1v) is 14.9. The molecule has 4 aromatic rings. The van der Waals surface area contributed by atoms with Gasteiger partial charge in [-0.25, -0.2) is 15.0 Å². The van der Waals surface area contributed by atoms with Gasteiger partial charge in [-0.1, -0.05) is 37.1 Å². The van der Waals surface area contributed by atoms with Gasteiger partial charge < -0.3 is 20.7 Å². The summed E-state index contributed by atoms with van der Waals surface area (Å²) >= 11 is 0. The second-order valence-electron chi connectivity index (χ2n) is 11.8. The molecule has 210 valence electrons. The Hall–Kier alpha value is -4.04. The smallest absolute Gasteiger partial charge is 0.228 e. The third-order valence-corrected chi connectivity index (χ3v) is 9.10. The Kier molecular flexibility index (Phi) is 6.79. The molecule has 0 unspecified atom stereocenters. The van der Waals surface area contributed by atoms with Gasteiger partial charge in [0.25, 0.3) is 0 Å². The molecule has 7 rings (SSSR count). The highest BCUT2D eigenvalue weighted by molar-refractivity contribution is 6.05. The second-order valence-corrected chi connectivity index (χ2v) is 11.8. The number of carbonyl (C=O) groups is 1. The SMILES string of the molecule is Cc1ccc2c(NC(=O)[C@@H]3CC34CCCC4)cccc2c1Oc1ncccc1-c1ccnc(N[C@H]2CCCNC2)n1. The van der Waals surface area contributed by atoms with Crippen LogP contribution in [0.4, 0.5) is 11.6 Å². The number of aromatic nitrogens is 3. The predicted molar refractivity (Wildman–Crippen MR) is 161 cm³/mol. The van der Waals surface area contributed by atoms with E-state index in [4.69, 9.17) is 9.72 Å². The van der Waals surface area contributed by atoms with Crippen molar-refractivity contribution in [3.63, 3.8) is 0 Å². The molecule has 0 radical (unpaired) electrons. The van der Waals surface area contributed by atoms with E-state index in [9.17, 15) is 4.79 Å². The molecule has 2 saturated carbocycles. The van der Waals surface area contributed by atoms with Crippen LogP contribution < -0.4 is 20.7 Å². The number of carbonyl (C=O) groups excluding carboxylic acids is 1. The number of benzene rings is 2. The minimum Gasteiger partial charge on any atom is -0.437 e. The second kappa shape index (κ2) is 10.7. The Labute approximate surface area is 240 Å². The van der Waals surface area contributed by atoms with E-state index in [0.717, 1.165) is 71.4 Å². The summed E-state index contributed by atoms with van der Waals surface area (Å²) in [6.07, 6.45) is 11.6. The van der Waals surface area contributed by atoms with Crippen LogP contribution in [0.15, 0.2) is 60.9 Å². The molecule has 1 aliphatic heterocycles. The van der Waals surface area contributed by atoms with Crippen molar-refractivity contribution < 1.29 is 9.53 Å². The number of hydrogen-bond acceptors (Lipinski definition) is 7. The van der Waals surface area contributed by atoms with E-state index >= 15 is 0 Å². The molecule has 1 saturated heterocycles. The van der Waals surface area contributed by atoms with Gasteiger partial charge in [0.05, 0.1) is 11.3 Å². The van der Waals surface area contributed by atoms with Crippen molar-refractivity contribution in [3.8, 4) is 22.9 Å². The Morgan fingerprint density at radius 1 is 1.00 bits per heavy atom. The Morgan fingerprint density at radius 2 is 1.90 bits per heavy atom. The number of pyridine rings is 1. The lowest BCUT2D eigenvalue weighted by Crippen LogP contribution is -2.38. The predicted octanol–water partition coefficient (Wildman–Crippen LogP) is 6.48. The van der Waals surface area contributed by atoms with E-state index in [2.05, 4.69) is 32.0 Å². The maximum absolute atomic E-state index is 13.2. The van der Waals surface area contributed by atoms with Crippen LogP contribution in [0.5, 0.6) is 11.6 Å². The van der Waals surface area contributed by atoms with E-state index < -0.39 is 0 Å². The quantitative estimate of drug-likeness (QED) is 0.243. The number of nitrogens with one attached hydrogen (secondary N) is 3. The Morgan fingerprint density at radius 3 is 2.76 bits per heavy atom. The van der Waals surface area contributed by atoms with Crippen molar-refractivity contribution in [2.24, 2.45) is 11.3 Å². The van der Waals surface area contributed by atoms with Gasteiger partial charge in [0.2, 0.25) is 17.7 Å². The highest BCUT2D eigenvalue weighted by Gasteiger charge is 2.58. The van der Waals surface area contributed by atoms with Crippen molar-refractivity contribution in [2.75, 3.05) is 23.7 Å². The van der Waals surface area contributed by atoms with Crippen LogP contribution in [0.3, 0.4) is 0 Å². The van der Waals surface area contributed by atoms with Crippen LogP contribution in [0.1, 0.15) is 50.5 Å². The lowest BCUT2D eigenvalue weighted by Gasteiger charge is -2.23. The highest BCUT2D eigenvalue weighted by atomic mass is 16.5. The topological polar surface area (TPSA) is 101 Å². The number of amides is 1. The zero-order valence-electron chi connectivity index (χ0n) is 23.5. The van der Waals surface area contributed by atoms with Crippen molar-refractivity contribution in [1.29, 1.82) is 0 Å². The van der Waals surface area contributed by atoms with Gasteiger partial charge in [-0.15, -0.1) is 0 Å². The van der Waals surface area contributed by atoms with Crippen LogP contribution in [0.25, 0.3) is 22.0 Å². The van der Waals surface area contributed by atoms with Gasteiger partial charge in [-0.2, -0.15) is 0 Å². The maximum Gasteiger partial charge on any atom is 0.228 e. The summed E-state index contributed by atoms with van der Waals surface area (Å²) in [5.41, 5.74) is 3.60. The van der Waals surface area contributed by atoms with Gasteiger partial charge in [-0.05, 0) is 80.8 Å². The monoisotopic (exact) mass is 548 g/mol. The normalized spacial score (nSPS) is 21.1. The van der Waals surface area contributed by atoms with Crippen LogP contribution in [-0.2, 0) is 4.79 Å². The molecule has 1 amide bonds. The van der Waals surface area contributed by atoms with Gasteiger partial charge >= 0.3 is 0 Å². The van der Waals surface area contributed by atoms with Crippen LogP contribution >= 0.6 is 0 Å². The maximum atomic E-state index is 13.2. The molecule has 2 aromatic heterocycles. The summed E-state index contributed by atoms with van der Waals surface area (Å²) in [5.74, 6) is 2.08. The Bertz CT molecular complexity index is 1590. The van der Waals surface area contributed by atoms with Gasteiger partial charge in [0, 0.05) is 47.4 Å². The zero-order chi connectivity index (χ0) is 27.8. The minimum atomic E-state index is 0.138. The summed E-state index contributed by atoms with van der Waals surface area (Å²) in [6.45, 7) is 3.99. The lowest BCUT2D eigenvalue weighted by atomic mass is 10.0. The molecule has 0 bridgehead atoms. The van der Waals surface area contributed by atoms with E-state index in [0.29, 0.717) is 17.9 Å². The van der Waals surface area contributed by atoms with Crippen LogP contribution in [0, 0.1) is 18.3 Å². The van der Waals surface area contributed by atoms with Gasteiger partial charge in [-0.3, -0.25) is 4.79 Å². The molecule has 8 nitrogen and oxygen atoms in total. The molecule has 2 atom stereocenters. The lowest BCUT2D eigenvalue weighted by molar-refractivity contribution is -0.118. The first-order chi connectivity index (χ1) is 20.1. The molecule has 8 heteroatoms. The molecular formula is C33H36N6O2. The number of fused-ring (bicyclic) bond motifs is 1. The molecular weight excluding hydrogens is 512 g/mol. The number of piperidine rings is 1. The summed E-state index contributed by atoms with van der Waals surface area (Å²) in [6, 6.07) is 16.1. The van der Waals surface area contributed by atoms with E-state index in [1.54, 1.807) is 12.4 Å².